The standard InChI is InChI=1S/C18H22N2O/c21-18(20-13-15-4-3-9-19-12-15)11-14-7-8-16-5-1-2-6-17(16)10-14/h1-2,5-8,10,15,19H,3-4,9,11-13H2,(H,20,21). The summed E-state index contributed by atoms with van der Waals surface area (Å²) in [5.74, 6) is 0.704. The molecule has 110 valence electrons. The first-order chi connectivity index (χ1) is 10.3. The van der Waals surface area contributed by atoms with Gasteiger partial charge < -0.3 is 10.6 Å². The van der Waals surface area contributed by atoms with E-state index in [9.17, 15) is 4.79 Å². The van der Waals surface area contributed by atoms with Crippen molar-refractivity contribution >= 4 is 16.7 Å². The fourth-order valence-corrected chi connectivity index (χ4v) is 2.95. The second-order valence-electron chi connectivity index (χ2n) is 5.87. The first-order valence-corrected chi connectivity index (χ1v) is 7.76. The third-order valence-corrected chi connectivity index (χ3v) is 4.17. The topological polar surface area (TPSA) is 41.1 Å². The molecule has 3 heteroatoms. The minimum atomic E-state index is 0.121. The van der Waals surface area contributed by atoms with Crippen LogP contribution < -0.4 is 10.6 Å². The van der Waals surface area contributed by atoms with Gasteiger partial charge in [0.1, 0.15) is 0 Å². The second-order valence-corrected chi connectivity index (χ2v) is 5.87. The van der Waals surface area contributed by atoms with Gasteiger partial charge in [0.05, 0.1) is 6.42 Å². The summed E-state index contributed by atoms with van der Waals surface area (Å²) in [6.45, 7) is 2.93. The van der Waals surface area contributed by atoms with Crippen molar-refractivity contribution < 1.29 is 4.79 Å². The molecular weight excluding hydrogens is 260 g/mol. The average molecular weight is 282 g/mol. The van der Waals surface area contributed by atoms with E-state index in [1.54, 1.807) is 0 Å². The van der Waals surface area contributed by atoms with Crippen LogP contribution in [0, 0.1) is 5.92 Å². The van der Waals surface area contributed by atoms with Crippen molar-refractivity contribution in [1.29, 1.82) is 0 Å². The van der Waals surface area contributed by atoms with E-state index < -0.39 is 0 Å². The molecule has 1 saturated heterocycles. The molecule has 0 saturated carbocycles. The number of carbonyl (C=O) groups excluding carboxylic acids is 1. The van der Waals surface area contributed by atoms with Crippen LogP contribution in [0.3, 0.4) is 0 Å². The molecule has 3 rings (SSSR count). The van der Waals surface area contributed by atoms with E-state index in [-0.39, 0.29) is 5.91 Å². The van der Waals surface area contributed by atoms with Crippen molar-refractivity contribution in [2.45, 2.75) is 19.3 Å². The lowest BCUT2D eigenvalue weighted by Crippen LogP contribution is -2.38. The highest BCUT2D eigenvalue weighted by Gasteiger charge is 2.13. The van der Waals surface area contributed by atoms with Crippen LogP contribution in [0.2, 0.25) is 0 Å². The number of rotatable bonds is 4. The molecule has 0 bridgehead atoms. The number of hydrogen-bond acceptors (Lipinski definition) is 2. The Labute approximate surface area is 125 Å². The summed E-state index contributed by atoms with van der Waals surface area (Å²) in [6.07, 6.45) is 2.89. The lowest BCUT2D eigenvalue weighted by Gasteiger charge is -2.22. The minimum absolute atomic E-state index is 0.121. The molecule has 1 unspecified atom stereocenters. The molecule has 1 heterocycles. The van der Waals surface area contributed by atoms with Gasteiger partial charge in [-0.15, -0.1) is 0 Å². The highest BCUT2D eigenvalue weighted by Crippen LogP contribution is 2.16. The van der Waals surface area contributed by atoms with Gasteiger partial charge in [-0.25, -0.2) is 0 Å². The molecule has 3 nitrogen and oxygen atoms in total. The average Bonchev–Trinajstić information content (AvgIpc) is 2.54. The van der Waals surface area contributed by atoms with Gasteiger partial charge in [-0.2, -0.15) is 0 Å². The van der Waals surface area contributed by atoms with E-state index in [1.807, 2.05) is 18.2 Å². The van der Waals surface area contributed by atoms with Crippen LogP contribution in [0.1, 0.15) is 18.4 Å². The summed E-state index contributed by atoms with van der Waals surface area (Å²) in [7, 11) is 0. The van der Waals surface area contributed by atoms with Crippen LogP contribution in [0.25, 0.3) is 10.8 Å². The Morgan fingerprint density at radius 1 is 1.19 bits per heavy atom. The Balaban J connectivity index is 1.55. The minimum Gasteiger partial charge on any atom is -0.355 e. The second kappa shape index (κ2) is 6.72. The first-order valence-electron chi connectivity index (χ1n) is 7.76. The number of carbonyl (C=O) groups is 1. The fourth-order valence-electron chi connectivity index (χ4n) is 2.95. The van der Waals surface area contributed by atoms with Gasteiger partial charge in [-0.3, -0.25) is 4.79 Å². The molecular formula is C18H22N2O. The number of fused-ring (bicyclic) bond motifs is 1. The molecule has 2 N–H and O–H groups in total. The number of hydrogen-bond donors (Lipinski definition) is 2. The summed E-state index contributed by atoms with van der Waals surface area (Å²) in [5, 5.41) is 8.86. The Morgan fingerprint density at radius 2 is 2.05 bits per heavy atom. The normalized spacial score (nSPS) is 18.6. The van der Waals surface area contributed by atoms with Gasteiger partial charge in [0, 0.05) is 6.54 Å². The third kappa shape index (κ3) is 3.82. The van der Waals surface area contributed by atoms with Crippen LogP contribution in [-0.4, -0.2) is 25.5 Å². The summed E-state index contributed by atoms with van der Waals surface area (Å²) >= 11 is 0. The Morgan fingerprint density at radius 3 is 2.86 bits per heavy atom. The zero-order valence-corrected chi connectivity index (χ0v) is 12.3. The van der Waals surface area contributed by atoms with Crippen LogP contribution >= 0.6 is 0 Å². The molecule has 1 atom stereocenters. The van der Waals surface area contributed by atoms with E-state index in [4.69, 9.17) is 0 Å². The van der Waals surface area contributed by atoms with Gasteiger partial charge in [0.2, 0.25) is 5.91 Å². The summed E-state index contributed by atoms with van der Waals surface area (Å²) in [4.78, 5) is 12.1. The molecule has 1 aliphatic heterocycles. The van der Waals surface area contributed by atoms with Crippen molar-refractivity contribution in [2.75, 3.05) is 19.6 Å². The van der Waals surface area contributed by atoms with Crippen LogP contribution in [0.15, 0.2) is 42.5 Å². The van der Waals surface area contributed by atoms with E-state index in [0.717, 1.165) is 25.2 Å². The molecule has 2 aromatic carbocycles. The number of benzene rings is 2. The smallest absolute Gasteiger partial charge is 0.224 e. The van der Waals surface area contributed by atoms with E-state index in [1.165, 1.54) is 23.6 Å². The first kappa shape index (κ1) is 14.1. The van der Waals surface area contributed by atoms with Gasteiger partial charge >= 0.3 is 0 Å². The zero-order chi connectivity index (χ0) is 14.5. The number of amides is 1. The molecule has 0 aromatic heterocycles. The Hall–Kier alpha value is -1.87. The summed E-state index contributed by atoms with van der Waals surface area (Å²) in [6, 6.07) is 14.5. The molecule has 2 aromatic rings. The predicted molar refractivity (Wildman–Crippen MR) is 86.3 cm³/mol. The summed E-state index contributed by atoms with van der Waals surface area (Å²) < 4.78 is 0. The van der Waals surface area contributed by atoms with Gasteiger partial charge in [-0.05, 0) is 48.2 Å². The molecule has 0 spiro atoms. The highest BCUT2D eigenvalue weighted by atomic mass is 16.1. The molecule has 1 aliphatic rings. The molecule has 21 heavy (non-hydrogen) atoms. The predicted octanol–water partition coefficient (Wildman–Crippen LogP) is 2.50. The van der Waals surface area contributed by atoms with Crippen molar-refractivity contribution in [3.63, 3.8) is 0 Å². The summed E-state index contributed by atoms with van der Waals surface area (Å²) in [5.41, 5.74) is 1.08. The van der Waals surface area contributed by atoms with Gasteiger partial charge in [-0.1, -0.05) is 42.5 Å². The molecule has 1 fully saturated rings. The van der Waals surface area contributed by atoms with E-state index in [2.05, 4.69) is 34.9 Å². The SMILES string of the molecule is O=C(Cc1ccc2ccccc2c1)NCC1CCCNC1. The van der Waals surface area contributed by atoms with E-state index in [0.29, 0.717) is 12.3 Å². The van der Waals surface area contributed by atoms with Gasteiger partial charge in [0.15, 0.2) is 0 Å². The van der Waals surface area contributed by atoms with Crippen molar-refractivity contribution in [2.24, 2.45) is 5.92 Å². The fraction of sp³-hybridized carbons (Fsp3) is 0.389. The van der Waals surface area contributed by atoms with E-state index >= 15 is 0 Å². The maximum Gasteiger partial charge on any atom is 0.224 e. The van der Waals surface area contributed by atoms with Crippen LogP contribution in [0.5, 0.6) is 0 Å². The monoisotopic (exact) mass is 282 g/mol. The molecule has 0 aliphatic carbocycles. The van der Waals surface area contributed by atoms with Crippen LogP contribution in [-0.2, 0) is 11.2 Å². The lowest BCUT2D eigenvalue weighted by molar-refractivity contribution is -0.120. The maximum atomic E-state index is 12.1. The quantitative estimate of drug-likeness (QED) is 0.904. The maximum absolute atomic E-state index is 12.1. The number of piperidine rings is 1. The highest BCUT2D eigenvalue weighted by molar-refractivity contribution is 5.85. The number of nitrogens with one attached hydrogen (secondary N) is 2. The lowest BCUT2D eigenvalue weighted by atomic mass is 9.99. The molecule has 0 radical (unpaired) electrons. The third-order valence-electron chi connectivity index (χ3n) is 4.17. The largest absolute Gasteiger partial charge is 0.355 e. The Bertz CT molecular complexity index is 617. The van der Waals surface area contributed by atoms with Gasteiger partial charge in [0.25, 0.3) is 0 Å². The van der Waals surface area contributed by atoms with Crippen LogP contribution in [0.4, 0.5) is 0 Å². The van der Waals surface area contributed by atoms with Crippen molar-refractivity contribution in [1.82, 2.24) is 10.6 Å². The molecule has 1 amide bonds. The van der Waals surface area contributed by atoms with Crippen molar-refractivity contribution in [3.05, 3.63) is 48.0 Å². The Kier molecular flexibility index (Phi) is 4.51. The zero-order valence-electron chi connectivity index (χ0n) is 12.3. The van der Waals surface area contributed by atoms with Crippen molar-refractivity contribution in [3.8, 4) is 0 Å².